The molecule has 0 aromatic heterocycles. The van der Waals surface area contributed by atoms with Crippen LogP contribution in [0.15, 0.2) is 169 Å². The van der Waals surface area contributed by atoms with Gasteiger partial charge in [-0.2, -0.15) is 0 Å². The van der Waals surface area contributed by atoms with Crippen LogP contribution in [0.3, 0.4) is 0 Å². The van der Waals surface area contributed by atoms with Crippen molar-refractivity contribution in [3.8, 4) is 11.1 Å². The molecule has 0 amide bonds. The molecule has 0 fully saturated rings. The van der Waals surface area contributed by atoms with Crippen molar-refractivity contribution in [3.63, 3.8) is 0 Å². The largest absolute Gasteiger partial charge is 0.310 e. The van der Waals surface area contributed by atoms with Gasteiger partial charge in [-0.3, -0.25) is 0 Å². The number of hydrogen-bond donors (Lipinski definition) is 0. The van der Waals surface area contributed by atoms with Crippen molar-refractivity contribution in [2.75, 3.05) is 4.90 Å². The van der Waals surface area contributed by atoms with Gasteiger partial charge in [-0.15, -0.1) is 0 Å². The molecular weight excluding hydrogens is 567 g/mol. The van der Waals surface area contributed by atoms with Gasteiger partial charge in [0.05, 0.1) is 11.1 Å². The van der Waals surface area contributed by atoms with Crippen molar-refractivity contribution in [3.05, 3.63) is 203 Å². The van der Waals surface area contributed by atoms with E-state index in [1.54, 1.807) is 0 Å². The molecule has 6 aromatic carbocycles. The average Bonchev–Trinajstić information content (AvgIpc) is 3.56. The first-order chi connectivity index (χ1) is 23.1. The standard InChI is InChI=1S/C46H37N/c1-45(2)39-26-12-11-25-38(39)44-42(45)29-16-30-43(44)47(34-20-7-4-8-21-34)35-22-15-19-33(31-35)46(32-17-5-3-6-18-32)40-27-13-9-23-36(40)37-24-10-14-28-41(37)46/h3-9,11-23,25-31H,10,24H2,1-2H3. The van der Waals surface area contributed by atoms with Crippen molar-refractivity contribution in [2.24, 2.45) is 0 Å². The minimum atomic E-state index is -0.407. The lowest BCUT2D eigenvalue weighted by atomic mass is 9.66. The molecule has 0 bridgehead atoms. The van der Waals surface area contributed by atoms with Crippen LogP contribution < -0.4 is 4.90 Å². The Morgan fingerprint density at radius 2 is 1.15 bits per heavy atom. The summed E-state index contributed by atoms with van der Waals surface area (Å²) in [7, 11) is 0. The van der Waals surface area contributed by atoms with Crippen LogP contribution in [0.5, 0.6) is 0 Å². The fourth-order valence-electron chi connectivity index (χ4n) is 8.79. The second kappa shape index (κ2) is 10.6. The lowest BCUT2D eigenvalue weighted by Gasteiger charge is -2.36. The molecule has 0 heterocycles. The Kier molecular flexibility index (Phi) is 6.27. The summed E-state index contributed by atoms with van der Waals surface area (Å²) in [6, 6.07) is 56.3. The maximum Gasteiger partial charge on any atom is 0.0710 e. The Hall–Kier alpha value is -5.40. The third kappa shape index (κ3) is 3.96. The predicted molar refractivity (Wildman–Crippen MR) is 197 cm³/mol. The van der Waals surface area contributed by atoms with E-state index in [0.717, 1.165) is 24.2 Å². The maximum atomic E-state index is 2.48. The summed E-state index contributed by atoms with van der Waals surface area (Å²) >= 11 is 0. The van der Waals surface area contributed by atoms with E-state index in [1.807, 2.05) is 0 Å². The quantitative estimate of drug-likeness (QED) is 0.189. The molecule has 47 heavy (non-hydrogen) atoms. The van der Waals surface area contributed by atoms with E-state index in [-0.39, 0.29) is 5.41 Å². The minimum absolute atomic E-state index is 0.0761. The molecule has 0 aliphatic heterocycles. The van der Waals surface area contributed by atoms with Gasteiger partial charge in [-0.25, -0.2) is 0 Å². The maximum absolute atomic E-state index is 2.48. The van der Waals surface area contributed by atoms with Gasteiger partial charge in [0.25, 0.3) is 0 Å². The highest BCUT2D eigenvalue weighted by Crippen LogP contribution is 2.58. The van der Waals surface area contributed by atoms with Gasteiger partial charge in [-0.05, 0) is 93.3 Å². The topological polar surface area (TPSA) is 3.24 Å². The Bertz CT molecular complexity index is 2220. The van der Waals surface area contributed by atoms with Crippen LogP contribution in [0.2, 0.25) is 0 Å². The van der Waals surface area contributed by atoms with E-state index >= 15 is 0 Å². The molecule has 3 aliphatic carbocycles. The summed E-state index contributed by atoms with van der Waals surface area (Å²) in [5.74, 6) is 0. The molecule has 0 saturated carbocycles. The third-order valence-corrected chi connectivity index (χ3v) is 10.8. The molecule has 1 atom stereocenters. The van der Waals surface area contributed by atoms with Gasteiger partial charge in [0, 0.05) is 22.4 Å². The number of fused-ring (bicyclic) bond motifs is 5. The molecule has 1 unspecified atom stereocenters. The number of anilines is 3. The Morgan fingerprint density at radius 1 is 0.532 bits per heavy atom. The Balaban J connectivity index is 1.32. The average molecular weight is 604 g/mol. The summed E-state index contributed by atoms with van der Waals surface area (Å²) in [5.41, 5.74) is 16.7. The normalized spacial score (nSPS) is 18.3. The van der Waals surface area contributed by atoms with Crippen molar-refractivity contribution in [1.82, 2.24) is 0 Å². The van der Waals surface area contributed by atoms with E-state index in [1.165, 1.54) is 61.3 Å². The number of para-hydroxylation sites is 1. The van der Waals surface area contributed by atoms with Crippen molar-refractivity contribution < 1.29 is 0 Å². The van der Waals surface area contributed by atoms with Gasteiger partial charge < -0.3 is 4.90 Å². The third-order valence-electron chi connectivity index (χ3n) is 10.8. The zero-order valence-corrected chi connectivity index (χ0v) is 26.9. The summed E-state index contributed by atoms with van der Waals surface area (Å²) in [4.78, 5) is 2.48. The van der Waals surface area contributed by atoms with Gasteiger partial charge in [-0.1, -0.05) is 147 Å². The number of benzene rings is 6. The molecule has 0 spiro atoms. The molecule has 1 heteroatoms. The molecule has 0 N–H and O–H groups in total. The van der Waals surface area contributed by atoms with Gasteiger partial charge in [0.2, 0.25) is 0 Å². The molecule has 9 rings (SSSR count). The number of allylic oxidation sites excluding steroid dienone is 4. The highest BCUT2D eigenvalue weighted by Gasteiger charge is 2.47. The summed E-state index contributed by atoms with van der Waals surface area (Å²) in [5, 5.41) is 0. The van der Waals surface area contributed by atoms with Crippen molar-refractivity contribution in [1.29, 1.82) is 0 Å². The summed E-state index contributed by atoms with van der Waals surface area (Å²) in [6.07, 6.45) is 6.93. The van der Waals surface area contributed by atoms with Crippen LogP contribution in [0.25, 0.3) is 16.7 Å². The van der Waals surface area contributed by atoms with Crippen LogP contribution in [-0.2, 0) is 10.8 Å². The highest BCUT2D eigenvalue weighted by atomic mass is 15.1. The molecular formula is C46H37N. The molecule has 0 saturated heterocycles. The van der Waals surface area contributed by atoms with E-state index < -0.39 is 5.41 Å². The van der Waals surface area contributed by atoms with Crippen molar-refractivity contribution in [2.45, 2.75) is 37.5 Å². The molecule has 1 nitrogen and oxygen atoms in total. The van der Waals surface area contributed by atoms with Crippen LogP contribution in [-0.4, -0.2) is 0 Å². The Labute approximate surface area is 278 Å². The fourth-order valence-corrected chi connectivity index (χ4v) is 8.79. The van der Waals surface area contributed by atoms with Crippen LogP contribution in [0.1, 0.15) is 60.1 Å². The fraction of sp³-hybridized carbons (Fsp3) is 0.130. The van der Waals surface area contributed by atoms with Gasteiger partial charge in [0.15, 0.2) is 0 Å². The van der Waals surface area contributed by atoms with Crippen molar-refractivity contribution >= 4 is 22.6 Å². The van der Waals surface area contributed by atoms with E-state index in [2.05, 4.69) is 183 Å². The predicted octanol–water partition coefficient (Wildman–Crippen LogP) is 11.9. The highest BCUT2D eigenvalue weighted by molar-refractivity contribution is 5.95. The first-order valence-corrected chi connectivity index (χ1v) is 16.8. The van der Waals surface area contributed by atoms with E-state index in [9.17, 15) is 0 Å². The number of hydrogen-bond acceptors (Lipinski definition) is 1. The lowest BCUT2D eigenvalue weighted by molar-refractivity contribution is 0.660. The first kappa shape index (κ1) is 27.9. The molecule has 0 radical (unpaired) electrons. The number of rotatable bonds is 5. The monoisotopic (exact) mass is 603 g/mol. The van der Waals surface area contributed by atoms with Gasteiger partial charge >= 0.3 is 0 Å². The van der Waals surface area contributed by atoms with E-state index in [4.69, 9.17) is 0 Å². The SMILES string of the molecule is CC1(C)c2ccccc2-c2c(N(c3ccccc3)c3cccc(C4(c5ccccc5)C5=C(CCC=C5)c5ccccc54)c3)cccc21. The Morgan fingerprint density at radius 3 is 1.96 bits per heavy atom. The van der Waals surface area contributed by atoms with Crippen LogP contribution in [0, 0.1) is 0 Å². The minimum Gasteiger partial charge on any atom is -0.310 e. The summed E-state index contributed by atoms with van der Waals surface area (Å²) in [6.45, 7) is 4.72. The second-order valence-electron chi connectivity index (χ2n) is 13.6. The van der Waals surface area contributed by atoms with Crippen LogP contribution >= 0.6 is 0 Å². The van der Waals surface area contributed by atoms with Gasteiger partial charge in [0.1, 0.15) is 0 Å². The first-order valence-electron chi connectivity index (χ1n) is 16.8. The number of nitrogens with zero attached hydrogens (tertiary/aromatic N) is 1. The molecule has 3 aliphatic rings. The van der Waals surface area contributed by atoms with E-state index in [0.29, 0.717) is 0 Å². The zero-order chi connectivity index (χ0) is 31.6. The molecule has 226 valence electrons. The smallest absolute Gasteiger partial charge is 0.0710 e. The summed E-state index contributed by atoms with van der Waals surface area (Å²) < 4.78 is 0. The van der Waals surface area contributed by atoms with Crippen LogP contribution in [0.4, 0.5) is 17.1 Å². The second-order valence-corrected chi connectivity index (χ2v) is 13.6. The lowest BCUT2D eigenvalue weighted by Crippen LogP contribution is -2.30. The molecule has 6 aromatic rings. The zero-order valence-electron chi connectivity index (χ0n) is 26.9.